The zero-order valence-corrected chi connectivity index (χ0v) is 20.0. The molecule has 35 heavy (non-hydrogen) atoms. The molecule has 1 saturated heterocycles. The fourth-order valence-electron chi connectivity index (χ4n) is 4.08. The number of piperidine rings is 1. The van der Waals surface area contributed by atoms with Crippen LogP contribution in [0.5, 0.6) is 11.5 Å². The first-order chi connectivity index (χ1) is 16.9. The van der Waals surface area contributed by atoms with Gasteiger partial charge in [0, 0.05) is 29.8 Å². The second kappa shape index (κ2) is 11.0. The van der Waals surface area contributed by atoms with Gasteiger partial charge in [0.1, 0.15) is 0 Å². The molecule has 10 heteroatoms. The average molecular weight is 480 g/mol. The zero-order chi connectivity index (χ0) is 24.8. The highest BCUT2D eigenvalue weighted by atomic mass is 16.5. The zero-order valence-electron chi connectivity index (χ0n) is 20.0. The second-order valence-corrected chi connectivity index (χ2v) is 8.38. The summed E-state index contributed by atoms with van der Waals surface area (Å²) in [5, 5.41) is 9.78. The van der Waals surface area contributed by atoms with Crippen LogP contribution in [0.25, 0.3) is 11.4 Å². The van der Waals surface area contributed by atoms with Crippen molar-refractivity contribution in [2.45, 2.75) is 26.3 Å². The summed E-state index contributed by atoms with van der Waals surface area (Å²) in [5.41, 5.74) is 2.09. The van der Waals surface area contributed by atoms with Crippen molar-refractivity contribution >= 4 is 23.2 Å². The van der Waals surface area contributed by atoms with E-state index in [4.69, 9.17) is 14.0 Å². The van der Waals surface area contributed by atoms with Gasteiger partial charge in [-0.05, 0) is 62.3 Å². The van der Waals surface area contributed by atoms with E-state index in [2.05, 4.69) is 25.7 Å². The molecule has 0 atom stereocenters. The first-order valence-electron chi connectivity index (χ1n) is 11.4. The van der Waals surface area contributed by atoms with Gasteiger partial charge in [0.25, 0.3) is 0 Å². The third-order valence-corrected chi connectivity index (χ3v) is 5.88. The molecule has 0 unspecified atom stereocenters. The summed E-state index contributed by atoms with van der Waals surface area (Å²) in [7, 11) is 3.17. The molecule has 1 aromatic heterocycles. The molecule has 2 heterocycles. The number of hydrogen-bond acceptors (Lipinski definition) is 8. The van der Waals surface area contributed by atoms with Crippen molar-refractivity contribution in [3.05, 3.63) is 48.4 Å². The average Bonchev–Trinajstić information content (AvgIpc) is 3.32. The van der Waals surface area contributed by atoms with Crippen LogP contribution >= 0.6 is 0 Å². The molecule has 2 amide bonds. The van der Waals surface area contributed by atoms with Crippen LogP contribution in [0.3, 0.4) is 0 Å². The maximum absolute atomic E-state index is 12.7. The third kappa shape index (κ3) is 6.15. The standard InChI is InChI=1S/C25H29N5O5/c1-16(31)26-19-5-4-6-20(14-19)27-25(32)17-9-11-30(12-10-17)15-23-28-24(29-35-23)18-7-8-21(33-2)22(13-18)34-3/h4-8,13-14,17H,9-12,15H2,1-3H3,(H,26,31)(H,27,32). The first kappa shape index (κ1) is 24.2. The fraction of sp³-hybridized carbons (Fsp3) is 0.360. The van der Waals surface area contributed by atoms with Crippen molar-refractivity contribution in [2.75, 3.05) is 37.9 Å². The highest BCUT2D eigenvalue weighted by Gasteiger charge is 2.26. The summed E-state index contributed by atoms with van der Waals surface area (Å²) in [6.07, 6.45) is 1.46. The molecule has 1 aliphatic rings. The minimum Gasteiger partial charge on any atom is -0.493 e. The highest BCUT2D eigenvalue weighted by molar-refractivity contribution is 5.94. The molecule has 0 spiro atoms. The lowest BCUT2D eigenvalue weighted by atomic mass is 9.96. The minimum absolute atomic E-state index is 0.0156. The molecule has 0 radical (unpaired) electrons. The molecule has 184 valence electrons. The molecule has 10 nitrogen and oxygen atoms in total. The number of methoxy groups -OCH3 is 2. The Hall–Kier alpha value is -3.92. The van der Waals surface area contributed by atoms with Crippen molar-refractivity contribution in [2.24, 2.45) is 5.92 Å². The van der Waals surface area contributed by atoms with Crippen LogP contribution in [-0.2, 0) is 16.1 Å². The predicted octanol–water partition coefficient (Wildman–Crippen LogP) is 3.56. The van der Waals surface area contributed by atoms with Gasteiger partial charge in [-0.15, -0.1) is 0 Å². The summed E-state index contributed by atoms with van der Waals surface area (Å²) in [4.78, 5) is 30.7. The molecule has 1 fully saturated rings. The summed E-state index contributed by atoms with van der Waals surface area (Å²) >= 11 is 0. The lowest BCUT2D eigenvalue weighted by molar-refractivity contribution is -0.121. The van der Waals surface area contributed by atoms with E-state index in [-0.39, 0.29) is 17.7 Å². The van der Waals surface area contributed by atoms with E-state index in [1.807, 2.05) is 18.2 Å². The van der Waals surface area contributed by atoms with Gasteiger partial charge in [0.15, 0.2) is 11.5 Å². The monoisotopic (exact) mass is 479 g/mol. The third-order valence-electron chi connectivity index (χ3n) is 5.88. The van der Waals surface area contributed by atoms with Crippen molar-refractivity contribution in [3.8, 4) is 22.9 Å². The SMILES string of the molecule is COc1ccc(-c2noc(CN3CCC(C(=O)Nc4cccc(NC(C)=O)c4)CC3)n2)cc1OC. The Labute approximate surface area is 203 Å². The van der Waals surface area contributed by atoms with Crippen molar-refractivity contribution < 1.29 is 23.6 Å². The van der Waals surface area contributed by atoms with E-state index in [9.17, 15) is 9.59 Å². The second-order valence-electron chi connectivity index (χ2n) is 8.38. The molecule has 0 aliphatic carbocycles. The van der Waals surface area contributed by atoms with Gasteiger partial charge in [-0.1, -0.05) is 11.2 Å². The number of nitrogens with zero attached hydrogens (tertiary/aromatic N) is 3. The van der Waals surface area contributed by atoms with Crippen molar-refractivity contribution in [3.63, 3.8) is 0 Å². The number of carbonyl (C=O) groups is 2. The van der Waals surface area contributed by atoms with E-state index in [0.29, 0.717) is 41.1 Å². The number of ether oxygens (including phenoxy) is 2. The number of aromatic nitrogens is 2. The molecule has 0 bridgehead atoms. The van der Waals surface area contributed by atoms with E-state index in [0.717, 1.165) is 31.5 Å². The Morgan fingerprint density at radius 3 is 2.43 bits per heavy atom. The summed E-state index contributed by atoms with van der Waals surface area (Å²) in [6, 6.07) is 12.6. The molecule has 2 aromatic carbocycles. The maximum atomic E-state index is 12.7. The molecular weight excluding hydrogens is 450 g/mol. The Morgan fingerprint density at radius 2 is 1.74 bits per heavy atom. The summed E-state index contributed by atoms with van der Waals surface area (Å²) in [5.74, 6) is 1.98. The van der Waals surface area contributed by atoms with Gasteiger partial charge in [0.2, 0.25) is 23.5 Å². The van der Waals surface area contributed by atoms with Gasteiger partial charge in [-0.25, -0.2) is 0 Å². The Bertz CT molecular complexity index is 1190. The van der Waals surface area contributed by atoms with E-state index in [1.165, 1.54) is 6.92 Å². The lowest BCUT2D eigenvalue weighted by Crippen LogP contribution is -2.37. The number of nitrogens with one attached hydrogen (secondary N) is 2. The predicted molar refractivity (Wildman–Crippen MR) is 130 cm³/mol. The van der Waals surface area contributed by atoms with E-state index < -0.39 is 0 Å². The number of likely N-dealkylation sites (tertiary alicyclic amines) is 1. The molecule has 2 N–H and O–H groups in total. The lowest BCUT2D eigenvalue weighted by Gasteiger charge is -2.30. The van der Waals surface area contributed by atoms with Gasteiger partial charge in [-0.2, -0.15) is 4.98 Å². The van der Waals surface area contributed by atoms with Crippen LogP contribution in [0.15, 0.2) is 47.0 Å². The van der Waals surface area contributed by atoms with Crippen LogP contribution in [0.2, 0.25) is 0 Å². The Kier molecular flexibility index (Phi) is 7.61. The van der Waals surface area contributed by atoms with Gasteiger partial charge in [0.05, 0.1) is 20.8 Å². The quantitative estimate of drug-likeness (QED) is 0.503. The Balaban J connectivity index is 1.29. The summed E-state index contributed by atoms with van der Waals surface area (Å²) in [6.45, 7) is 3.47. The van der Waals surface area contributed by atoms with Crippen LogP contribution in [0, 0.1) is 5.92 Å². The van der Waals surface area contributed by atoms with Crippen LogP contribution < -0.4 is 20.1 Å². The van der Waals surface area contributed by atoms with Gasteiger partial charge < -0.3 is 24.6 Å². The number of amides is 2. The largest absolute Gasteiger partial charge is 0.493 e. The number of carbonyl (C=O) groups excluding carboxylic acids is 2. The number of hydrogen-bond donors (Lipinski definition) is 2. The normalized spacial score (nSPS) is 14.4. The fourth-order valence-corrected chi connectivity index (χ4v) is 4.08. The maximum Gasteiger partial charge on any atom is 0.241 e. The number of anilines is 2. The Morgan fingerprint density at radius 1 is 1.03 bits per heavy atom. The van der Waals surface area contributed by atoms with Crippen LogP contribution in [0.4, 0.5) is 11.4 Å². The van der Waals surface area contributed by atoms with Crippen LogP contribution in [0.1, 0.15) is 25.7 Å². The number of benzene rings is 2. The molecule has 4 rings (SSSR count). The molecule has 0 saturated carbocycles. The molecule has 3 aromatic rings. The molecule has 1 aliphatic heterocycles. The minimum atomic E-state index is -0.155. The van der Waals surface area contributed by atoms with E-state index >= 15 is 0 Å². The van der Waals surface area contributed by atoms with Crippen molar-refractivity contribution in [1.82, 2.24) is 15.0 Å². The van der Waals surface area contributed by atoms with Gasteiger partial charge in [-0.3, -0.25) is 14.5 Å². The van der Waals surface area contributed by atoms with E-state index in [1.54, 1.807) is 38.5 Å². The van der Waals surface area contributed by atoms with Crippen molar-refractivity contribution in [1.29, 1.82) is 0 Å². The van der Waals surface area contributed by atoms with Gasteiger partial charge >= 0.3 is 0 Å². The number of rotatable bonds is 8. The molecular formula is C25H29N5O5. The first-order valence-corrected chi connectivity index (χ1v) is 11.4. The highest BCUT2D eigenvalue weighted by Crippen LogP contribution is 2.31. The smallest absolute Gasteiger partial charge is 0.241 e. The summed E-state index contributed by atoms with van der Waals surface area (Å²) < 4.78 is 16.1. The van der Waals surface area contributed by atoms with Crippen LogP contribution in [-0.4, -0.2) is 54.2 Å². The topological polar surface area (TPSA) is 119 Å².